The van der Waals surface area contributed by atoms with Gasteiger partial charge in [0.15, 0.2) is 0 Å². The summed E-state index contributed by atoms with van der Waals surface area (Å²) in [6.07, 6.45) is 5.36. The van der Waals surface area contributed by atoms with E-state index in [0.717, 1.165) is 6.54 Å². The molecule has 2 fully saturated rings. The van der Waals surface area contributed by atoms with E-state index in [2.05, 4.69) is 4.90 Å². The third-order valence-electron chi connectivity index (χ3n) is 3.09. The SMILES string of the molecule is NN1CCC[C@H]1CN1CCCC1. The average molecular weight is 169 g/mol. The normalized spacial score (nSPS) is 33.2. The van der Waals surface area contributed by atoms with Gasteiger partial charge in [-0.25, -0.2) is 5.01 Å². The number of nitrogens with two attached hydrogens (primary N) is 1. The third-order valence-corrected chi connectivity index (χ3v) is 3.09. The molecule has 3 nitrogen and oxygen atoms in total. The quantitative estimate of drug-likeness (QED) is 0.608. The molecule has 2 heterocycles. The summed E-state index contributed by atoms with van der Waals surface area (Å²) < 4.78 is 0. The van der Waals surface area contributed by atoms with Crippen LogP contribution in [0.3, 0.4) is 0 Å². The zero-order chi connectivity index (χ0) is 8.39. The van der Waals surface area contributed by atoms with Crippen LogP contribution in [0.2, 0.25) is 0 Å². The Morgan fingerprint density at radius 2 is 1.83 bits per heavy atom. The zero-order valence-electron chi connectivity index (χ0n) is 7.71. The fourth-order valence-corrected chi connectivity index (χ4v) is 2.32. The molecule has 0 radical (unpaired) electrons. The monoisotopic (exact) mass is 169 g/mol. The zero-order valence-corrected chi connectivity index (χ0v) is 7.71. The summed E-state index contributed by atoms with van der Waals surface area (Å²) in [4.78, 5) is 2.55. The molecule has 3 heteroatoms. The van der Waals surface area contributed by atoms with E-state index in [-0.39, 0.29) is 0 Å². The summed E-state index contributed by atoms with van der Waals surface area (Å²) in [5.41, 5.74) is 0. The Balaban J connectivity index is 1.77. The van der Waals surface area contributed by atoms with E-state index in [0.29, 0.717) is 6.04 Å². The number of nitrogens with zero attached hydrogens (tertiary/aromatic N) is 2. The highest BCUT2D eigenvalue weighted by Gasteiger charge is 2.24. The van der Waals surface area contributed by atoms with Crippen LogP contribution in [-0.4, -0.2) is 42.1 Å². The fourth-order valence-electron chi connectivity index (χ4n) is 2.32. The highest BCUT2D eigenvalue weighted by Crippen LogP contribution is 2.16. The lowest BCUT2D eigenvalue weighted by Crippen LogP contribution is -2.43. The molecule has 0 aromatic heterocycles. The Kier molecular flexibility index (Phi) is 2.63. The van der Waals surface area contributed by atoms with Crippen LogP contribution < -0.4 is 5.84 Å². The molecule has 2 N–H and O–H groups in total. The molecule has 12 heavy (non-hydrogen) atoms. The molecule has 0 bridgehead atoms. The van der Waals surface area contributed by atoms with Crippen molar-refractivity contribution < 1.29 is 0 Å². The molecule has 2 rings (SSSR count). The van der Waals surface area contributed by atoms with E-state index >= 15 is 0 Å². The molecule has 0 unspecified atom stereocenters. The number of hydrogen-bond donors (Lipinski definition) is 1. The first-order valence-corrected chi connectivity index (χ1v) is 5.10. The van der Waals surface area contributed by atoms with Crippen molar-refractivity contribution in [2.75, 3.05) is 26.2 Å². The number of likely N-dealkylation sites (tertiary alicyclic amines) is 1. The second-order valence-electron chi connectivity index (χ2n) is 4.04. The molecule has 2 saturated heterocycles. The molecular formula is C9H19N3. The van der Waals surface area contributed by atoms with E-state index in [1.807, 2.05) is 5.01 Å². The van der Waals surface area contributed by atoms with Gasteiger partial charge in [0.1, 0.15) is 0 Å². The Bertz CT molecular complexity index is 143. The van der Waals surface area contributed by atoms with Crippen LogP contribution in [0.25, 0.3) is 0 Å². The Hall–Kier alpha value is -0.120. The van der Waals surface area contributed by atoms with Gasteiger partial charge in [-0.15, -0.1) is 0 Å². The molecule has 0 saturated carbocycles. The number of hydrogen-bond acceptors (Lipinski definition) is 3. The fraction of sp³-hybridized carbons (Fsp3) is 1.00. The van der Waals surface area contributed by atoms with Crippen LogP contribution in [0.4, 0.5) is 0 Å². The predicted octanol–water partition coefficient (Wildman–Crippen LogP) is 0.420. The van der Waals surface area contributed by atoms with Gasteiger partial charge in [0.2, 0.25) is 0 Å². The molecule has 0 spiro atoms. The van der Waals surface area contributed by atoms with Crippen LogP contribution in [0.1, 0.15) is 25.7 Å². The lowest BCUT2D eigenvalue weighted by atomic mass is 10.2. The third kappa shape index (κ3) is 1.79. The second kappa shape index (κ2) is 3.73. The molecule has 0 aromatic carbocycles. The average Bonchev–Trinajstić information content (AvgIpc) is 2.65. The molecule has 0 aliphatic carbocycles. The van der Waals surface area contributed by atoms with Crippen molar-refractivity contribution in [3.8, 4) is 0 Å². The van der Waals surface area contributed by atoms with Gasteiger partial charge in [-0.2, -0.15) is 0 Å². The van der Waals surface area contributed by atoms with Crippen LogP contribution in [0, 0.1) is 0 Å². The van der Waals surface area contributed by atoms with Crippen molar-refractivity contribution in [3.63, 3.8) is 0 Å². The first-order valence-electron chi connectivity index (χ1n) is 5.10. The molecular weight excluding hydrogens is 150 g/mol. The van der Waals surface area contributed by atoms with Gasteiger partial charge in [-0.1, -0.05) is 0 Å². The Morgan fingerprint density at radius 3 is 2.42 bits per heavy atom. The highest BCUT2D eigenvalue weighted by atomic mass is 15.4. The van der Waals surface area contributed by atoms with Crippen LogP contribution in [-0.2, 0) is 0 Å². The predicted molar refractivity (Wildman–Crippen MR) is 49.6 cm³/mol. The minimum atomic E-state index is 0.642. The van der Waals surface area contributed by atoms with Gasteiger partial charge in [0.25, 0.3) is 0 Å². The molecule has 70 valence electrons. The van der Waals surface area contributed by atoms with E-state index in [4.69, 9.17) is 5.84 Å². The minimum absolute atomic E-state index is 0.642. The van der Waals surface area contributed by atoms with Gasteiger partial charge in [0.05, 0.1) is 0 Å². The summed E-state index contributed by atoms with van der Waals surface area (Å²) in [6.45, 7) is 4.89. The summed E-state index contributed by atoms with van der Waals surface area (Å²) in [5.74, 6) is 5.86. The second-order valence-corrected chi connectivity index (χ2v) is 4.04. The van der Waals surface area contributed by atoms with Crippen molar-refractivity contribution in [1.29, 1.82) is 0 Å². The van der Waals surface area contributed by atoms with Gasteiger partial charge >= 0.3 is 0 Å². The van der Waals surface area contributed by atoms with Crippen molar-refractivity contribution in [1.82, 2.24) is 9.91 Å². The van der Waals surface area contributed by atoms with E-state index < -0.39 is 0 Å². The van der Waals surface area contributed by atoms with Crippen LogP contribution in [0.15, 0.2) is 0 Å². The van der Waals surface area contributed by atoms with Crippen molar-refractivity contribution in [2.45, 2.75) is 31.7 Å². The molecule has 0 aromatic rings. The molecule has 1 atom stereocenters. The lowest BCUT2D eigenvalue weighted by Gasteiger charge is -2.24. The van der Waals surface area contributed by atoms with Gasteiger partial charge in [-0.05, 0) is 38.8 Å². The van der Waals surface area contributed by atoms with Gasteiger partial charge in [-0.3, -0.25) is 5.84 Å². The summed E-state index contributed by atoms with van der Waals surface area (Å²) >= 11 is 0. The molecule has 2 aliphatic heterocycles. The largest absolute Gasteiger partial charge is 0.302 e. The highest BCUT2D eigenvalue weighted by molar-refractivity contribution is 4.80. The maximum Gasteiger partial charge on any atom is 0.0368 e. The van der Waals surface area contributed by atoms with E-state index in [1.54, 1.807) is 0 Å². The standard InChI is InChI=1S/C9H19N3/c10-12-7-3-4-9(12)8-11-5-1-2-6-11/h9H,1-8,10H2/t9-/m0/s1. The summed E-state index contributed by atoms with van der Waals surface area (Å²) in [6, 6.07) is 0.642. The summed E-state index contributed by atoms with van der Waals surface area (Å²) in [7, 11) is 0. The van der Waals surface area contributed by atoms with Gasteiger partial charge < -0.3 is 4.90 Å². The Morgan fingerprint density at radius 1 is 1.08 bits per heavy atom. The van der Waals surface area contributed by atoms with Crippen LogP contribution >= 0.6 is 0 Å². The Labute approximate surface area is 74.5 Å². The number of rotatable bonds is 2. The van der Waals surface area contributed by atoms with Crippen LogP contribution in [0.5, 0.6) is 0 Å². The molecule has 0 amide bonds. The number of hydrazine groups is 1. The van der Waals surface area contributed by atoms with Crippen molar-refractivity contribution >= 4 is 0 Å². The van der Waals surface area contributed by atoms with Gasteiger partial charge in [0, 0.05) is 19.1 Å². The maximum atomic E-state index is 5.86. The van der Waals surface area contributed by atoms with Crippen molar-refractivity contribution in [3.05, 3.63) is 0 Å². The first-order chi connectivity index (χ1) is 5.86. The topological polar surface area (TPSA) is 32.5 Å². The minimum Gasteiger partial charge on any atom is -0.302 e. The molecule has 2 aliphatic rings. The smallest absolute Gasteiger partial charge is 0.0368 e. The first kappa shape index (κ1) is 8.48. The van der Waals surface area contributed by atoms with E-state index in [1.165, 1.54) is 45.3 Å². The maximum absolute atomic E-state index is 5.86. The van der Waals surface area contributed by atoms with E-state index in [9.17, 15) is 0 Å². The summed E-state index contributed by atoms with van der Waals surface area (Å²) in [5, 5.41) is 2.03. The lowest BCUT2D eigenvalue weighted by molar-refractivity contribution is 0.194. The van der Waals surface area contributed by atoms with Crippen molar-refractivity contribution in [2.24, 2.45) is 5.84 Å².